The van der Waals surface area contributed by atoms with Crippen molar-refractivity contribution < 1.29 is 19.8 Å². The van der Waals surface area contributed by atoms with E-state index in [1.807, 2.05) is 0 Å². The molecule has 2 N–H and O–H groups in total. The van der Waals surface area contributed by atoms with Gasteiger partial charge in [0.25, 0.3) is 0 Å². The fourth-order valence-corrected chi connectivity index (χ4v) is 4.31. The van der Waals surface area contributed by atoms with Crippen molar-refractivity contribution in [3.8, 4) is 0 Å². The molecule has 0 heterocycles. The van der Waals surface area contributed by atoms with Crippen LogP contribution in [0.15, 0.2) is 12.2 Å². The first-order chi connectivity index (χ1) is 13.6. The van der Waals surface area contributed by atoms with Crippen molar-refractivity contribution >= 4 is 23.7 Å². The molecule has 0 radical (unpaired) electrons. The molecule has 0 rings (SSSR count). The molecule has 0 aliphatic carbocycles. The number of unbranched alkanes of at least 4 members (excludes halogenated alkanes) is 10. The first-order valence-corrected chi connectivity index (χ1v) is 12.3. The van der Waals surface area contributed by atoms with Crippen LogP contribution in [0.3, 0.4) is 0 Å². The monoisotopic (exact) mass is 414 g/mol. The third kappa shape index (κ3) is 21.3. The Morgan fingerprint density at radius 1 is 0.786 bits per heavy atom. The van der Waals surface area contributed by atoms with Crippen LogP contribution in [0.1, 0.15) is 110 Å². The van der Waals surface area contributed by atoms with Gasteiger partial charge in [0.05, 0.1) is 0 Å². The van der Waals surface area contributed by atoms with Crippen LogP contribution in [0, 0.1) is 0 Å². The Morgan fingerprint density at radius 3 is 1.89 bits per heavy atom. The minimum Gasteiger partial charge on any atom is -0.481 e. The third-order valence-electron chi connectivity index (χ3n) is 4.82. The van der Waals surface area contributed by atoms with Crippen molar-refractivity contribution in [2.24, 2.45) is 0 Å². The van der Waals surface area contributed by atoms with Gasteiger partial charge < -0.3 is 10.2 Å². The summed E-state index contributed by atoms with van der Waals surface area (Å²) in [6.45, 7) is 2.25. The van der Waals surface area contributed by atoms with Crippen LogP contribution >= 0.6 is 11.8 Å². The Morgan fingerprint density at radius 2 is 1.32 bits per heavy atom. The molecule has 1 unspecified atom stereocenters. The first kappa shape index (κ1) is 27.0. The molecule has 1 atom stereocenters. The van der Waals surface area contributed by atoms with E-state index in [0.29, 0.717) is 18.1 Å². The summed E-state index contributed by atoms with van der Waals surface area (Å²) in [5.41, 5.74) is 0. The number of hydrogen-bond donors (Lipinski definition) is 2. The molecule has 0 aromatic carbocycles. The van der Waals surface area contributed by atoms with E-state index < -0.39 is 11.9 Å². The van der Waals surface area contributed by atoms with Crippen molar-refractivity contribution in [2.45, 2.75) is 115 Å². The van der Waals surface area contributed by atoms with Crippen LogP contribution in [0.4, 0.5) is 0 Å². The number of hydrogen-bond acceptors (Lipinski definition) is 3. The minimum atomic E-state index is -0.750. The lowest BCUT2D eigenvalue weighted by Gasteiger charge is -2.11. The molecule has 0 saturated carbocycles. The quantitative estimate of drug-likeness (QED) is 0.155. The normalized spacial score (nSPS) is 12.5. The van der Waals surface area contributed by atoms with E-state index in [0.717, 1.165) is 18.6 Å². The summed E-state index contributed by atoms with van der Waals surface area (Å²) in [6.07, 6.45) is 21.6. The van der Waals surface area contributed by atoms with Gasteiger partial charge in [-0.15, -0.1) is 0 Å². The molecule has 5 heteroatoms. The second-order valence-electron chi connectivity index (χ2n) is 7.59. The summed E-state index contributed by atoms with van der Waals surface area (Å²) in [6, 6.07) is 0. The topological polar surface area (TPSA) is 74.6 Å². The van der Waals surface area contributed by atoms with Gasteiger partial charge >= 0.3 is 11.9 Å². The molecular weight excluding hydrogens is 372 g/mol. The van der Waals surface area contributed by atoms with Crippen molar-refractivity contribution in [1.82, 2.24) is 0 Å². The summed E-state index contributed by atoms with van der Waals surface area (Å²) in [7, 11) is 0. The largest absolute Gasteiger partial charge is 0.481 e. The highest BCUT2D eigenvalue weighted by molar-refractivity contribution is 8.00. The van der Waals surface area contributed by atoms with Crippen LogP contribution in [-0.2, 0) is 9.59 Å². The standard InChI is InChI=1S/C23H42O4S/c1-2-3-4-5-6-7-8-9-10-11-12-13-16-21(17-14-18-22(24)25)28-20-15-19-23(26)27/h13,16,21H,2-12,14-15,17-20H2,1H3,(H,24,25)(H,26,27)/b16-13-. The lowest BCUT2D eigenvalue weighted by molar-refractivity contribution is -0.138. The van der Waals surface area contributed by atoms with E-state index in [4.69, 9.17) is 10.2 Å². The zero-order valence-corrected chi connectivity index (χ0v) is 18.7. The summed E-state index contributed by atoms with van der Waals surface area (Å²) in [5, 5.41) is 17.8. The maximum Gasteiger partial charge on any atom is 0.303 e. The van der Waals surface area contributed by atoms with Gasteiger partial charge in [0.2, 0.25) is 0 Å². The number of rotatable bonds is 21. The molecule has 0 aliphatic heterocycles. The van der Waals surface area contributed by atoms with Crippen LogP contribution in [-0.4, -0.2) is 33.2 Å². The van der Waals surface area contributed by atoms with Gasteiger partial charge in [0.15, 0.2) is 0 Å². The Hall–Kier alpha value is -0.970. The van der Waals surface area contributed by atoms with Gasteiger partial charge in [-0.1, -0.05) is 76.9 Å². The van der Waals surface area contributed by atoms with Crippen LogP contribution in [0.25, 0.3) is 0 Å². The van der Waals surface area contributed by atoms with E-state index in [2.05, 4.69) is 19.1 Å². The molecule has 0 aromatic heterocycles. The van der Waals surface area contributed by atoms with E-state index in [1.54, 1.807) is 11.8 Å². The van der Waals surface area contributed by atoms with Gasteiger partial charge in [0, 0.05) is 18.1 Å². The second kappa shape index (κ2) is 20.8. The summed E-state index contributed by atoms with van der Waals surface area (Å²) in [4.78, 5) is 21.3. The summed E-state index contributed by atoms with van der Waals surface area (Å²) >= 11 is 1.75. The molecule has 4 nitrogen and oxygen atoms in total. The number of carbonyl (C=O) groups is 2. The summed E-state index contributed by atoms with van der Waals surface area (Å²) in [5.74, 6) is -0.685. The van der Waals surface area contributed by atoms with Gasteiger partial charge in [-0.25, -0.2) is 0 Å². The second-order valence-corrected chi connectivity index (χ2v) is 8.94. The molecule has 0 saturated heterocycles. The molecule has 0 aliphatic rings. The van der Waals surface area contributed by atoms with Gasteiger partial charge in [0.1, 0.15) is 0 Å². The lowest BCUT2D eigenvalue weighted by Crippen LogP contribution is -2.04. The zero-order valence-electron chi connectivity index (χ0n) is 17.9. The fraction of sp³-hybridized carbons (Fsp3) is 0.826. The number of carboxylic acid groups (broad SMARTS) is 2. The summed E-state index contributed by atoms with van der Waals surface area (Å²) < 4.78 is 0. The van der Waals surface area contributed by atoms with Gasteiger partial charge in [-0.2, -0.15) is 11.8 Å². The lowest BCUT2D eigenvalue weighted by atomic mass is 10.1. The van der Waals surface area contributed by atoms with E-state index >= 15 is 0 Å². The predicted molar refractivity (Wildman–Crippen MR) is 120 cm³/mol. The van der Waals surface area contributed by atoms with Crippen LogP contribution in [0.5, 0.6) is 0 Å². The fourth-order valence-electron chi connectivity index (χ4n) is 3.15. The Labute approximate surface area is 176 Å². The van der Waals surface area contributed by atoms with Crippen LogP contribution in [0.2, 0.25) is 0 Å². The number of carboxylic acids is 2. The molecule has 0 amide bonds. The Balaban J connectivity index is 3.81. The first-order valence-electron chi connectivity index (χ1n) is 11.3. The molecular formula is C23H42O4S. The van der Waals surface area contributed by atoms with Crippen molar-refractivity contribution in [2.75, 3.05) is 5.75 Å². The highest BCUT2D eigenvalue weighted by Gasteiger charge is 2.08. The number of aliphatic carboxylic acids is 2. The van der Waals surface area contributed by atoms with Crippen molar-refractivity contribution in [3.63, 3.8) is 0 Å². The van der Waals surface area contributed by atoms with E-state index in [1.165, 1.54) is 64.2 Å². The SMILES string of the molecule is CCCCCCCCCCCC/C=C\C(CCCC(=O)O)SCCCC(=O)O. The highest BCUT2D eigenvalue weighted by Crippen LogP contribution is 2.21. The van der Waals surface area contributed by atoms with Crippen molar-refractivity contribution in [1.29, 1.82) is 0 Å². The number of allylic oxidation sites excluding steroid dienone is 1. The Kier molecular flexibility index (Phi) is 20.0. The molecule has 0 aromatic rings. The Bertz CT molecular complexity index is 409. The maximum absolute atomic E-state index is 10.7. The highest BCUT2D eigenvalue weighted by atomic mass is 32.2. The van der Waals surface area contributed by atoms with Crippen LogP contribution < -0.4 is 0 Å². The van der Waals surface area contributed by atoms with E-state index in [9.17, 15) is 9.59 Å². The molecule has 0 bridgehead atoms. The minimum absolute atomic E-state index is 0.206. The predicted octanol–water partition coefficient (Wildman–Crippen LogP) is 7.08. The van der Waals surface area contributed by atoms with Gasteiger partial charge in [-0.3, -0.25) is 9.59 Å². The average Bonchev–Trinajstić information content (AvgIpc) is 2.65. The number of thioether (sulfide) groups is 1. The zero-order chi connectivity index (χ0) is 20.9. The van der Waals surface area contributed by atoms with Crippen molar-refractivity contribution in [3.05, 3.63) is 12.2 Å². The smallest absolute Gasteiger partial charge is 0.303 e. The molecule has 0 spiro atoms. The molecule has 164 valence electrons. The molecule has 0 fully saturated rings. The third-order valence-corrected chi connectivity index (χ3v) is 6.17. The van der Waals surface area contributed by atoms with E-state index in [-0.39, 0.29) is 12.8 Å². The average molecular weight is 415 g/mol. The maximum atomic E-state index is 10.7. The molecule has 28 heavy (non-hydrogen) atoms. The van der Waals surface area contributed by atoms with Gasteiger partial charge in [-0.05, 0) is 37.9 Å².